The predicted octanol–water partition coefficient (Wildman–Crippen LogP) is -4.25. The van der Waals surface area contributed by atoms with Crippen LogP contribution in [0.15, 0.2) is 0 Å². The minimum absolute atomic E-state index is 0. The van der Waals surface area contributed by atoms with E-state index in [2.05, 4.69) is 22.9 Å². The van der Waals surface area contributed by atoms with Crippen molar-refractivity contribution in [1.82, 2.24) is 0 Å². The van der Waals surface area contributed by atoms with Gasteiger partial charge in [0.15, 0.2) is 0 Å². The van der Waals surface area contributed by atoms with Gasteiger partial charge in [0.2, 0.25) is 0 Å². The van der Waals surface area contributed by atoms with Crippen molar-refractivity contribution in [3.63, 3.8) is 0 Å². The molecule has 0 N–H and O–H groups in total. The van der Waals surface area contributed by atoms with Gasteiger partial charge in [0.1, 0.15) is 0 Å². The number of rotatable bonds is 0. The largest absolute Gasteiger partial charge is 2.00 e. The Balaban J connectivity index is 0.000000720. The summed E-state index contributed by atoms with van der Waals surface area (Å²) in [4.78, 5) is 0. The minimum atomic E-state index is -1.73. The van der Waals surface area contributed by atoms with Gasteiger partial charge in [-0.05, 0) is 0 Å². The topological polar surface area (TPSA) is 92.3 Å². The molecule has 0 aromatic heterocycles. The van der Waals surface area contributed by atoms with Gasteiger partial charge in [0.25, 0.3) is 0 Å². The van der Waals surface area contributed by atoms with E-state index in [9.17, 15) is 10.0 Å². The number of hydrogen-bond donors (Lipinski definition) is 0. The Kier molecular flexibility index (Phi) is 4.04. The van der Waals surface area contributed by atoms with Gasteiger partial charge in [-0.3, -0.25) is 0 Å². The van der Waals surface area contributed by atoms with Crippen molar-refractivity contribution in [2.45, 2.75) is 0 Å². The molecule has 2 aliphatic rings. The maximum Gasteiger partial charge on any atom is 2.00 e. The Labute approximate surface area is 89.5 Å². The molecule has 12 heavy (non-hydrogen) atoms. The van der Waals surface area contributed by atoms with Crippen molar-refractivity contribution in [1.29, 1.82) is 0 Å². The monoisotopic (exact) mass is 270 g/mol. The van der Waals surface area contributed by atoms with Crippen LogP contribution in [0.3, 0.4) is 0 Å². The summed E-state index contributed by atoms with van der Waals surface area (Å²) >= 11 is 0. The summed E-state index contributed by atoms with van der Waals surface area (Å²) < 4.78 is 21.9. The summed E-state index contributed by atoms with van der Waals surface area (Å²) in [6.07, 6.45) is 0. The molecule has 0 aromatic carbocycles. The Morgan fingerprint density at radius 2 is 1.00 bits per heavy atom. The van der Waals surface area contributed by atoms with Gasteiger partial charge in [0.05, 0.1) is 0 Å². The van der Waals surface area contributed by atoms with E-state index in [-0.39, 0.29) is 27.3 Å². The van der Waals surface area contributed by atoms with Gasteiger partial charge >= 0.3 is 56.6 Å². The Morgan fingerprint density at radius 3 is 1.33 bits per heavy atom. The molecular formula is B4CdO7. The van der Waals surface area contributed by atoms with Crippen molar-refractivity contribution in [3.05, 3.63) is 0 Å². The molecule has 0 radical (unpaired) electrons. The first kappa shape index (κ1) is 11.0. The molecule has 0 aromatic rings. The van der Waals surface area contributed by atoms with E-state index in [0.717, 1.165) is 0 Å². The van der Waals surface area contributed by atoms with Crippen LogP contribution in [0.2, 0.25) is 0 Å². The van der Waals surface area contributed by atoms with E-state index in [4.69, 9.17) is 0 Å². The first-order valence-electron chi connectivity index (χ1n) is 2.83. The Bertz CT molecular complexity index is 121. The molecule has 12 heteroatoms. The van der Waals surface area contributed by atoms with E-state index >= 15 is 0 Å². The first-order chi connectivity index (χ1) is 5.24. The molecule has 0 aliphatic carbocycles. The van der Waals surface area contributed by atoms with Crippen LogP contribution in [0.25, 0.3) is 0 Å². The molecule has 0 amide bonds. The summed E-state index contributed by atoms with van der Waals surface area (Å²) in [5.74, 6) is 0. The molecule has 0 spiro atoms. The van der Waals surface area contributed by atoms with Crippen LogP contribution in [0.1, 0.15) is 0 Å². The minimum Gasteiger partial charge on any atom is -0.833 e. The summed E-state index contributed by atoms with van der Waals surface area (Å²) in [6, 6.07) is 0. The van der Waals surface area contributed by atoms with E-state index in [1.165, 1.54) is 0 Å². The maximum absolute atomic E-state index is 10.5. The molecule has 2 saturated heterocycles. The van der Waals surface area contributed by atoms with Gasteiger partial charge in [-0.1, -0.05) is 0 Å². The summed E-state index contributed by atoms with van der Waals surface area (Å²) in [7, 11) is -6.00. The Hall–Kier alpha value is 0.902. The first-order valence-corrected chi connectivity index (χ1v) is 2.83. The fourth-order valence-electron chi connectivity index (χ4n) is 0.710. The van der Waals surface area contributed by atoms with Crippen LogP contribution in [-0.2, 0) is 50.2 Å². The van der Waals surface area contributed by atoms with Crippen LogP contribution in [0.5, 0.6) is 0 Å². The molecule has 2 aliphatic heterocycles. The van der Waals surface area contributed by atoms with Gasteiger partial charge in [0, 0.05) is 0 Å². The van der Waals surface area contributed by atoms with E-state index in [1.54, 1.807) is 0 Å². The second-order valence-corrected chi connectivity index (χ2v) is 1.84. The van der Waals surface area contributed by atoms with E-state index in [1.807, 2.05) is 0 Å². The normalized spacial score (nSPS) is 22.5. The van der Waals surface area contributed by atoms with Gasteiger partial charge in [-0.2, -0.15) is 0 Å². The zero-order valence-electron chi connectivity index (χ0n) is 5.87. The Morgan fingerprint density at radius 1 is 0.667 bits per heavy atom. The molecule has 2 heterocycles. The molecule has 2 rings (SSSR count). The van der Waals surface area contributed by atoms with Gasteiger partial charge in [-0.15, -0.1) is 0 Å². The summed E-state index contributed by atoms with van der Waals surface area (Å²) in [5, 5.41) is 21.0. The van der Waals surface area contributed by atoms with Crippen LogP contribution in [0, 0.1) is 0 Å². The smallest absolute Gasteiger partial charge is 0.833 e. The standard InChI is InChI=1S/B4O7.Cd/c5-1-7-3-9-2(6)10-4(8-1)11-3;/q-2;+2. The quantitative estimate of drug-likeness (QED) is 0.411. The SMILES string of the molecule is [Cd+2].[O-]B1OB2OB([O-])OB(O1)O2. The third kappa shape index (κ3) is 2.45. The molecule has 7 nitrogen and oxygen atoms in total. The number of fused-ring (bicyclic) bond motifs is 2. The summed E-state index contributed by atoms with van der Waals surface area (Å²) in [5.41, 5.74) is 0. The fourth-order valence-corrected chi connectivity index (χ4v) is 0.710. The molecule has 0 atom stereocenters. The fraction of sp³-hybridized carbons (Fsp3) is 0. The van der Waals surface area contributed by atoms with Crippen LogP contribution in [0.4, 0.5) is 0 Å². The summed E-state index contributed by atoms with van der Waals surface area (Å²) in [6.45, 7) is 0. The average Bonchev–Trinajstić information content (AvgIpc) is 1.82. The zero-order valence-corrected chi connectivity index (χ0v) is 9.91. The van der Waals surface area contributed by atoms with E-state index in [0.29, 0.717) is 0 Å². The van der Waals surface area contributed by atoms with Crippen LogP contribution in [-0.4, -0.2) is 29.3 Å². The maximum atomic E-state index is 10.5. The third-order valence-electron chi connectivity index (χ3n) is 1.11. The molecule has 2 fully saturated rings. The second kappa shape index (κ2) is 4.41. The van der Waals surface area contributed by atoms with Crippen molar-refractivity contribution in [2.75, 3.05) is 0 Å². The van der Waals surface area contributed by atoms with Gasteiger partial charge < -0.3 is 32.9 Å². The van der Waals surface area contributed by atoms with Gasteiger partial charge in [-0.25, -0.2) is 0 Å². The zero-order chi connectivity index (χ0) is 7.84. The van der Waals surface area contributed by atoms with Crippen molar-refractivity contribution >= 4 is 29.3 Å². The second-order valence-electron chi connectivity index (χ2n) is 1.84. The third-order valence-corrected chi connectivity index (χ3v) is 1.11. The molecule has 0 saturated carbocycles. The van der Waals surface area contributed by atoms with Crippen molar-refractivity contribution < 1.29 is 60.2 Å². The number of hydrogen-bond acceptors (Lipinski definition) is 7. The van der Waals surface area contributed by atoms with Crippen molar-refractivity contribution in [2.24, 2.45) is 0 Å². The molecule has 56 valence electrons. The molecule has 0 unspecified atom stereocenters. The molecule has 2 bridgehead atoms. The van der Waals surface area contributed by atoms with Crippen LogP contribution >= 0.6 is 0 Å². The van der Waals surface area contributed by atoms with E-state index < -0.39 is 29.3 Å². The average molecular weight is 268 g/mol. The molecular weight excluding hydrogens is 268 g/mol. The van der Waals surface area contributed by atoms with Crippen molar-refractivity contribution in [3.8, 4) is 0 Å². The van der Waals surface area contributed by atoms with Crippen LogP contribution < -0.4 is 10.0 Å². The predicted molar refractivity (Wildman–Crippen MR) is 28.4 cm³/mol.